The van der Waals surface area contributed by atoms with E-state index < -0.39 is 0 Å². The predicted octanol–water partition coefficient (Wildman–Crippen LogP) is 1.94. The van der Waals surface area contributed by atoms with Crippen molar-refractivity contribution in [1.29, 1.82) is 0 Å². The fourth-order valence-electron chi connectivity index (χ4n) is 0.783. The van der Waals surface area contributed by atoms with Crippen LogP contribution in [-0.2, 0) is 9.59 Å². The van der Waals surface area contributed by atoms with E-state index in [0.717, 1.165) is 12.8 Å². The summed E-state index contributed by atoms with van der Waals surface area (Å²) < 4.78 is 0. The number of ketones is 2. The van der Waals surface area contributed by atoms with Gasteiger partial charge in [-0.3, -0.25) is 9.59 Å². The van der Waals surface area contributed by atoms with Crippen LogP contribution in [0.5, 0.6) is 0 Å². The third-order valence-corrected chi connectivity index (χ3v) is 1.55. The molecule has 3 heteroatoms. The number of carbonyl (C=O) groups is 2. The molecule has 0 spiro atoms. The Labute approximate surface area is 71.9 Å². The minimum atomic E-state index is -0.0547. The summed E-state index contributed by atoms with van der Waals surface area (Å²) in [6.45, 7) is 1.43. The average molecular weight is 177 g/mol. The van der Waals surface area contributed by atoms with Crippen LogP contribution in [0.15, 0.2) is 0 Å². The number of hydrogen-bond donors (Lipinski definition) is 0. The molecule has 2 nitrogen and oxygen atoms in total. The van der Waals surface area contributed by atoms with E-state index in [0.29, 0.717) is 12.3 Å². The SMILES string of the molecule is CC(=O)CC(=O)CCCCCl. The molecular weight excluding hydrogens is 164 g/mol. The molecule has 0 rings (SSSR count). The van der Waals surface area contributed by atoms with Gasteiger partial charge in [0.1, 0.15) is 11.6 Å². The Hall–Kier alpha value is -0.370. The summed E-state index contributed by atoms with van der Waals surface area (Å²) in [5, 5.41) is 0. The van der Waals surface area contributed by atoms with E-state index in [9.17, 15) is 9.59 Å². The molecule has 0 saturated carbocycles. The molecule has 0 aromatic rings. The van der Waals surface area contributed by atoms with Gasteiger partial charge in [-0.15, -0.1) is 11.6 Å². The summed E-state index contributed by atoms with van der Waals surface area (Å²) in [5.74, 6) is 0.566. The lowest BCUT2D eigenvalue weighted by Crippen LogP contribution is -2.03. The summed E-state index contributed by atoms with van der Waals surface area (Å²) in [6.07, 6.45) is 2.23. The molecular formula is C8H13ClO2. The maximum absolute atomic E-state index is 10.9. The van der Waals surface area contributed by atoms with E-state index in [1.807, 2.05) is 0 Å². The molecule has 0 fully saturated rings. The van der Waals surface area contributed by atoms with Crippen LogP contribution in [0.4, 0.5) is 0 Å². The second-order valence-electron chi connectivity index (χ2n) is 2.56. The van der Waals surface area contributed by atoms with Crippen molar-refractivity contribution in [3.8, 4) is 0 Å². The molecule has 0 unspecified atom stereocenters. The molecule has 0 aliphatic carbocycles. The molecule has 0 heterocycles. The lowest BCUT2D eigenvalue weighted by atomic mass is 10.1. The largest absolute Gasteiger partial charge is 0.300 e. The van der Waals surface area contributed by atoms with E-state index in [-0.39, 0.29) is 18.0 Å². The minimum absolute atomic E-state index is 0.0302. The molecule has 0 saturated heterocycles. The number of rotatable bonds is 6. The summed E-state index contributed by atoms with van der Waals surface area (Å²) in [7, 11) is 0. The first-order chi connectivity index (χ1) is 5.16. The first-order valence-corrected chi connectivity index (χ1v) is 4.27. The Morgan fingerprint density at radius 1 is 1.27 bits per heavy atom. The number of Topliss-reactive ketones (excluding diaryl/α,β-unsaturated/α-hetero) is 2. The molecule has 0 amide bonds. The van der Waals surface area contributed by atoms with Crippen molar-refractivity contribution < 1.29 is 9.59 Å². The lowest BCUT2D eigenvalue weighted by molar-refractivity contribution is -0.125. The summed E-state index contributed by atoms with van der Waals surface area (Å²) in [4.78, 5) is 21.3. The van der Waals surface area contributed by atoms with Crippen LogP contribution in [0.1, 0.15) is 32.6 Å². The highest BCUT2D eigenvalue weighted by Gasteiger charge is 2.03. The monoisotopic (exact) mass is 176 g/mol. The first-order valence-electron chi connectivity index (χ1n) is 3.74. The maximum atomic E-state index is 10.9. The highest BCUT2D eigenvalue weighted by atomic mass is 35.5. The molecule has 11 heavy (non-hydrogen) atoms. The third-order valence-electron chi connectivity index (χ3n) is 1.29. The Bertz CT molecular complexity index is 143. The van der Waals surface area contributed by atoms with E-state index in [2.05, 4.69) is 0 Å². The first kappa shape index (κ1) is 10.6. The zero-order valence-corrected chi connectivity index (χ0v) is 7.49. The van der Waals surface area contributed by atoms with Crippen LogP contribution in [0, 0.1) is 0 Å². The van der Waals surface area contributed by atoms with Gasteiger partial charge in [-0.25, -0.2) is 0 Å². The molecule has 0 radical (unpaired) electrons. The van der Waals surface area contributed by atoms with Crippen molar-refractivity contribution in [1.82, 2.24) is 0 Å². The minimum Gasteiger partial charge on any atom is -0.300 e. The second kappa shape index (κ2) is 6.35. The lowest BCUT2D eigenvalue weighted by Gasteiger charge is -1.95. The van der Waals surface area contributed by atoms with Crippen LogP contribution in [-0.4, -0.2) is 17.4 Å². The molecule has 0 aromatic carbocycles. The Balaban J connectivity index is 3.30. The van der Waals surface area contributed by atoms with Crippen molar-refractivity contribution in [2.75, 3.05) is 5.88 Å². The van der Waals surface area contributed by atoms with Gasteiger partial charge in [0.05, 0.1) is 6.42 Å². The van der Waals surface area contributed by atoms with Gasteiger partial charge < -0.3 is 0 Å². The maximum Gasteiger partial charge on any atom is 0.140 e. The Morgan fingerprint density at radius 2 is 1.91 bits per heavy atom. The highest BCUT2D eigenvalue weighted by molar-refractivity contribution is 6.17. The number of hydrogen-bond acceptors (Lipinski definition) is 2. The molecule has 0 bridgehead atoms. The zero-order chi connectivity index (χ0) is 8.69. The van der Waals surface area contributed by atoms with Crippen LogP contribution in [0.2, 0.25) is 0 Å². The normalized spacial score (nSPS) is 9.64. The fraction of sp³-hybridized carbons (Fsp3) is 0.750. The van der Waals surface area contributed by atoms with Gasteiger partial charge in [0.25, 0.3) is 0 Å². The van der Waals surface area contributed by atoms with Gasteiger partial charge in [0.15, 0.2) is 0 Å². The average Bonchev–Trinajstić information content (AvgIpc) is 1.86. The van der Waals surface area contributed by atoms with Crippen molar-refractivity contribution in [3.05, 3.63) is 0 Å². The molecule has 0 atom stereocenters. The van der Waals surface area contributed by atoms with E-state index >= 15 is 0 Å². The third kappa shape index (κ3) is 7.53. The smallest absolute Gasteiger partial charge is 0.140 e. The van der Waals surface area contributed by atoms with Gasteiger partial charge in [-0.1, -0.05) is 0 Å². The Morgan fingerprint density at radius 3 is 2.36 bits per heavy atom. The summed E-state index contributed by atoms with van der Waals surface area (Å²) in [6, 6.07) is 0. The predicted molar refractivity (Wildman–Crippen MR) is 44.9 cm³/mol. The van der Waals surface area contributed by atoms with Crippen molar-refractivity contribution in [3.63, 3.8) is 0 Å². The quantitative estimate of drug-likeness (QED) is 0.352. The van der Waals surface area contributed by atoms with Gasteiger partial charge in [-0.2, -0.15) is 0 Å². The second-order valence-corrected chi connectivity index (χ2v) is 2.94. The zero-order valence-electron chi connectivity index (χ0n) is 6.73. The van der Waals surface area contributed by atoms with Gasteiger partial charge in [-0.05, 0) is 19.8 Å². The van der Waals surface area contributed by atoms with Gasteiger partial charge in [0.2, 0.25) is 0 Å². The van der Waals surface area contributed by atoms with Crippen LogP contribution >= 0.6 is 11.6 Å². The van der Waals surface area contributed by atoms with E-state index in [1.54, 1.807) is 0 Å². The van der Waals surface area contributed by atoms with Gasteiger partial charge >= 0.3 is 0 Å². The molecule has 0 aromatic heterocycles. The Kier molecular flexibility index (Phi) is 6.13. The summed E-state index contributed by atoms with van der Waals surface area (Å²) >= 11 is 5.41. The van der Waals surface area contributed by atoms with E-state index in [1.165, 1.54) is 6.92 Å². The highest BCUT2D eigenvalue weighted by Crippen LogP contribution is 2.00. The number of unbranched alkanes of at least 4 members (excludes halogenated alkanes) is 1. The molecule has 64 valence electrons. The molecule has 0 aliphatic rings. The van der Waals surface area contributed by atoms with Crippen LogP contribution < -0.4 is 0 Å². The van der Waals surface area contributed by atoms with Crippen LogP contribution in [0.25, 0.3) is 0 Å². The molecule has 0 N–H and O–H groups in total. The van der Waals surface area contributed by atoms with Crippen molar-refractivity contribution in [2.24, 2.45) is 0 Å². The number of carbonyl (C=O) groups excluding carboxylic acids is 2. The number of halogens is 1. The fourth-order valence-corrected chi connectivity index (χ4v) is 0.972. The van der Waals surface area contributed by atoms with Gasteiger partial charge in [0, 0.05) is 12.3 Å². The summed E-state index contributed by atoms with van der Waals surface area (Å²) in [5.41, 5.74) is 0. The van der Waals surface area contributed by atoms with E-state index in [4.69, 9.17) is 11.6 Å². The topological polar surface area (TPSA) is 34.1 Å². The van der Waals surface area contributed by atoms with Crippen LogP contribution in [0.3, 0.4) is 0 Å². The standard InChI is InChI=1S/C8H13ClO2/c1-7(10)6-8(11)4-2-3-5-9/h2-6H2,1H3. The number of alkyl halides is 1. The van der Waals surface area contributed by atoms with Crippen molar-refractivity contribution in [2.45, 2.75) is 32.6 Å². The molecule has 0 aliphatic heterocycles. The van der Waals surface area contributed by atoms with Crippen molar-refractivity contribution >= 4 is 23.2 Å².